The highest BCUT2D eigenvalue weighted by atomic mass is 79.9. The van der Waals surface area contributed by atoms with Crippen LogP contribution in [0.5, 0.6) is 0 Å². The molecule has 2 N–H and O–H groups in total. The lowest BCUT2D eigenvalue weighted by Crippen LogP contribution is -2.27. The van der Waals surface area contributed by atoms with Crippen LogP contribution in [0.2, 0.25) is 0 Å². The zero-order chi connectivity index (χ0) is 15.5. The van der Waals surface area contributed by atoms with Gasteiger partial charge in [0.2, 0.25) is 5.95 Å². The van der Waals surface area contributed by atoms with Crippen LogP contribution in [0.1, 0.15) is 34.9 Å². The smallest absolute Gasteiger partial charge is 0.258 e. The number of aromatic nitrogens is 3. The lowest BCUT2D eigenvalue weighted by Gasteiger charge is -2.19. The Balaban J connectivity index is 0.00000192. The molecule has 1 aliphatic rings. The molecule has 0 spiro atoms. The normalized spacial score (nSPS) is 15.0. The summed E-state index contributed by atoms with van der Waals surface area (Å²) in [5.41, 5.74) is 0.584. The molecule has 23 heavy (non-hydrogen) atoms. The number of rotatable bonds is 3. The van der Waals surface area contributed by atoms with Gasteiger partial charge in [-0.15, -0.1) is 12.4 Å². The first-order chi connectivity index (χ1) is 10.6. The van der Waals surface area contributed by atoms with Crippen molar-refractivity contribution in [1.29, 1.82) is 0 Å². The number of hydrogen-bond acceptors (Lipinski definition) is 4. The summed E-state index contributed by atoms with van der Waals surface area (Å²) >= 11 is 3.37. The van der Waals surface area contributed by atoms with Crippen molar-refractivity contribution in [3.05, 3.63) is 40.1 Å². The number of benzene rings is 1. The first-order valence-electron chi connectivity index (χ1n) is 7.32. The van der Waals surface area contributed by atoms with Gasteiger partial charge in [-0.05, 0) is 44.1 Å². The van der Waals surface area contributed by atoms with Crippen LogP contribution in [-0.2, 0) is 7.05 Å². The van der Waals surface area contributed by atoms with Crippen LogP contribution in [0.3, 0.4) is 0 Å². The van der Waals surface area contributed by atoms with Crippen molar-refractivity contribution in [3.8, 4) is 0 Å². The molecule has 2 heterocycles. The van der Waals surface area contributed by atoms with Crippen LogP contribution in [0.25, 0.3) is 0 Å². The monoisotopic (exact) mass is 399 g/mol. The van der Waals surface area contributed by atoms with E-state index >= 15 is 0 Å². The summed E-state index contributed by atoms with van der Waals surface area (Å²) < 4.78 is 2.50. The van der Waals surface area contributed by atoms with E-state index in [0.717, 1.165) is 36.2 Å². The van der Waals surface area contributed by atoms with Crippen molar-refractivity contribution < 1.29 is 4.79 Å². The molecule has 1 fully saturated rings. The molecule has 1 amide bonds. The third kappa shape index (κ3) is 4.31. The predicted octanol–water partition coefficient (Wildman–Crippen LogP) is 2.72. The summed E-state index contributed by atoms with van der Waals surface area (Å²) in [6.07, 6.45) is 2.06. The standard InChI is InChI=1S/C15H18BrN5O.ClH/c1-21-15(18-13(20-21)10-5-7-17-8-6-10)19-14(22)11-3-2-4-12(16)9-11;/h2-4,9-10,17H,5-8H2,1H3,(H,18,19,20,22);1H. The van der Waals surface area contributed by atoms with Crippen molar-refractivity contribution in [2.45, 2.75) is 18.8 Å². The molecule has 8 heteroatoms. The number of carbonyl (C=O) groups excluding carboxylic acids is 1. The molecule has 0 unspecified atom stereocenters. The summed E-state index contributed by atoms with van der Waals surface area (Å²) in [4.78, 5) is 16.8. The van der Waals surface area contributed by atoms with Gasteiger partial charge >= 0.3 is 0 Å². The van der Waals surface area contributed by atoms with E-state index in [-0.39, 0.29) is 18.3 Å². The van der Waals surface area contributed by atoms with Crippen molar-refractivity contribution in [2.24, 2.45) is 7.05 Å². The molecule has 1 aromatic carbocycles. The molecular formula is C15H19BrClN5O. The van der Waals surface area contributed by atoms with Crippen LogP contribution in [-0.4, -0.2) is 33.8 Å². The van der Waals surface area contributed by atoms with Gasteiger partial charge in [0.05, 0.1) is 0 Å². The largest absolute Gasteiger partial charge is 0.317 e. The molecule has 0 aliphatic carbocycles. The maximum atomic E-state index is 12.3. The predicted molar refractivity (Wildman–Crippen MR) is 95.2 cm³/mol. The Morgan fingerprint density at radius 1 is 1.39 bits per heavy atom. The number of nitrogens with one attached hydrogen (secondary N) is 2. The van der Waals surface area contributed by atoms with Gasteiger partial charge in [0.1, 0.15) is 0 Å². The van der Waals surface area contributed by atoms with Gasteiger partial charge in [0.25, 0.3) is 5.91 Å². The quantitative estimate of drug-likeness (QED) is 0.831. The fourth-order valence-corrected chi connectivity index (χ4v) is 2.97. The molecule has 1 aromatic heterocycles. The van der Waals surface area contributed by atoms with Crippen LogP contribution in [0.15, 0.2) is 28.7 Å². The van der Waals surface area contributed by atoms with E-state index in [1.54, 1.807) is 23.9 Å². The Labute approximate surface area is 149 Å². The zero-order valence-electron chi connectivity index (χ0n) is 12.8. The first kappa shape index (κ1) is 17.9. The Kier molecular flexibility index (Phi) is 6.15. The molecule has 6 nitrogen and oxygen atoms in total. The van der Waals surface area contributed by atoms with Gasteiger partial charge in [-0.25, -0.2) is 4.68 Å². The third-order valence-corrected chi connectivity index (χ3v) is 4.29. The van der Waals surface area contributed by atoms with Crippen molar-refractivity contribution in [3.63, 3.8) is 0 Å². The van der Waals surface area contributed by atoms with E-state index in [4.69, 9.17) is 0 Å². The number of aryl methyl sites for hydroxylation is 1. The molecule has 3 rings (SSSR count). The molecule has 0 atom stereocenters. The van der Waals surface area contributed by atoms with Gasteiger partial charge in [-0.1, -0.05) is 22.0 Å². The maximum absolute atomic E-state index is 12.3. The van der Waals surface area contributed by atoms with Gasteiger partial charge in [-0.2, -0.15) is 10.1 Å². The molecule has 0 radical (unpaired) electrons. The third-order valence-electron chi connectivity index (χ3n) is 3.80. The van der Waals surface area contributed by atoms with Crippen molar-refractivity contribution in [1.82, 2.24) is 20.1 Å². The highest BCUT2D eigenvalue weighted by Crippen LogP contribution is 2.23. The molecule has 0 saturated carbocycles. The van der Waals surface area contributed by atoms with Gasteiger partial charge < -0.3 is 5.32 Å². The van der Waals surface area contributed by atoms with Crippen LogP contribution in [0.4, 0.5) is 5.95 Å². The minimum Gasteiger partial charge on any atom is -0.317 e. The number of piperidine rings is 1. The van der Waals surface area contributed by atoms with E-state index in [2.05, 4.69) is 36.6 Å². The highest BCUT2D eigenvalue weighted by Gasteiger charge is 2.21. The molecule has 1 aliphatic heterocycles. The Hall–Kier alpha value is -1.44. The van der Waals surface area contributed by atoms with E-state index in [1.807, 2.05) is 12.1 Å². The van der Waals surface area contributed by atoms with Crippen LogP contribution >= 0.6 is 28.3 Å². The number of anilines is 1. The van der Waals surface area contributed by atoms with Gasteiger partial charge in [0, 0.05) is 23.0 Å². The highest BCUT2D eigenvalue weighted by molar-refractivity contribution is 9.10. The lowest BCUT2D eigenvalue weighted by molar-refractivity contribution is 0.102. The minimum atomic E-state index is -0.186. The van der Waals surface area contributed by atoms with Crippen molar-refractivity contribution >= 4 is 40.2 Å². The molecule has 124 valence electrons. The van der Waals surface area contributed by atoms with Gasteiger partial charge in [-0.3, -0.25) is 10.1 Å². The zero-order valence-corrected chi connectivity index (χ0v) is 15.2. The van der Waals surface area contributed by atoms with E-state index in [1.165, 1.54) is 0 Å². The Morgan fingerprint density at radius 3 is 2.83 bits per heavy atom. The van der Waals surface area contributed by atoms with Gasteiger partial charge in [0.15, 0.2) is 5.82 Å². The lowest BCUT2D eigenvalue weighted by atomic mass is 9.98. The second-order valence-corrected chi connectivity index (χ2v) is 6.32. The topological polar surface area (TPSA) is 71.8 Å². The summed E-state index contributed by atoms with van der Waals surface area (Å²) in [7, 11) is 1.80. The molecule has 2 aromatic rings. The van der Waals surface area contributed by atoms with Crippen LogP contribution in [0, 0.1) is 0 Å². The van der Waals surface area contributed by atoms with E-state index in [0.29, 0.717) is 17.4 Å². The summed E-state index contributed by atoms with van der Waals surface area (Å²) in [6, 6.07) is 7.26. The second-order valence-electron chi connectivity index (χ2n) is 5.41. The summed E-state index contributed by atoms with van der Waals surface area (Å²) in [5, 5.41) is 10.6. The average Bonchev–Trinajstić information content (AvgIpc) is 2.89. The summed E-state index contributed by atoms with van der Waals surface area (Å²) in [6.45, 7) is 1.98. The number of amides is 1. The molecular weight excluding hydrogens is 382 g/mol. The fraction of sp³-hybridized carbons (Fsp3) is 0.400. The van der Waals surface area contributed by atoms with E-state index < -0.39 is 0 Å². The fourth-order valence-electron chi connectivity index (χ4n) is 2.57. The molecule has 0 bridgehead atoms. The number of nitrogens with zero attached hydrogens (tertiary/aromatic N) is 3. The molecule has 1 saturated heterocycles. The first-order valence-corrected chi connectivity index (χ1v) is 8.11. The minimum absolute atomic E-state index is 0. The Bertz CT molecular complexity index is 684. The number of halogens is 2. The average molecular weight is 401 g/mol. The van der Waals surface area contributed by atoms with Crippen molar-refractivity contribution in [2.75, 3.05) is 18.4 Å². The SMILES string of the molecule is Cl.Cn1nc(C2CCNCC2)nc1NC(=O)c1cccc(Br)c1. The Morgan fingerprint density at radius 2 is 2.13 bits per heavy atom. The maximum Gasteiger partial charge on any atom is 0.258 e. The second kappa shape index (κ2) is 7.90. The number of hydrogen-bond donors (Lipinski definition) is 2. The van der Waals surface area contributed by atoms with Crippen LogP contribution < -0.4 is 10.6 Å². The van der Waals surface area contributed by atoms with E-state index in [9.17, 15) is 4.79 Å². The number of carbonyl (C=O) groups is 1. The summed E-state index contributed by atoms with van der Waals surface area (Å²) in [5.74, 6) is 1.48.